The maximum atomic E-state index is 13.5. The molecule has 0 spiro atoms. The molecule has 1 aromatic heterocycles. The molecule has 0 radical (unpaired) electrons. The zero-order valence-corrected chi connectivity index (χ0v) is 12.6. The second kappa shape index (κ2) is 6.18. The van der Waals surface area contributed by atoms with Crippen LogP contribution in [0.25, 0.3) is 0 Å². The summed E-state index contributed by atoms with van der Waals surface area (Å²) < 4.78 is 15.4. The van der Waals surface area contributed by atoms with Gasteiger partial charge in [0.2, 0.25) is 0 Å². The van der Waals surface area contributed by atoms with E-state index < -0.39 is 0 Å². The highest BCUT2D eigenvalue weighted by Crippen LogP contribution is 2.22. The van der Waals surface area contributed by atoms with Gasteiger partial charge in [0.1, 0.15) is 5.82 Å². The number of hydrogen-bond acceptors (Lipinski definition) is 2. The molecule has 1 N–H and O–H groups in total. The van der Waals surface area contributed by atoms with Gasteiger partial charge >= 0.3 is 0 Å². The highest BCUT2D eigenvalue weighted by molar-refractivity contribution is 5.30. The summed E-state index contributed by atoms with van der Waals surface area (Å²) in [6, 6.07) is 7.17. The number of benzene rings is 1. The van der Waals surface area contributed by atoms with Gasteiger partial charge in [0, 0.05) is 25.2 Å². The molecule has 108 valence electrons. The number of nitrogens with one attached hydrogen (secondary N) is 1. The molecule has 2 aromatic rings. The van der Waals surface area contributed by atoms with Gasteiger partial charge in [-0.2, -0.15) is 5.10 Å². The van der Waals surface area contributed by atoms with Crippen molar-refractivity contribution in [3.63, 3.8) is 0 Å². The van der Waals surface area contributed by atoms with Crippen LogP contribution in [0.2, 0.25) is 0 Å². The van der Waals surface area contributed by atoms with Crippen molar-refractivity contribution in [2.45, 2.75) is 32.7 Å². The topological polar surface area (TPSA) is 29.9 Å². The fourth-order valence-electron chi connectivity index (χ4n) is 2.50. The lowest BCUT2D eigenvalue weighted by molar-refractivity contribution is 0.551. The first-order chi connectivity index (χ1) is 9.55. The third-order valence-corrected chi connectivity index (χ3v) is 3.77. The molecule has 20 heavy (non-hydrogen) atoms. The van der Waals surface area contributed by atoms with Crippen molar-refractivity contribution in [3.05, 3.63) is 52.6 Å². The first-order valence-electron chi connectivity index (χ1n) is 7.00. The minimum atomic E-state index is -0.190. The van der Waals surface area contributed by atoms with E-state index in [9.17, 15) is 4.39 Å². The Hall–Kier alpha value is -1.68. The lowest BCUT2D eigenvalue weighted by atomic mass is 9.97. The van der Waals surface area contributed by atoms with Gasteiger partial charge in [-0.3, -0.25) is 4.68 Å². The van der Waals surface area contributed by atoms with Crippen molar-refractivity contribution in [2.75, 3.05) is 7.05 Å². The molecule has 0 aliphatic heterocycles. The smallest absolute Gasteiger partial charge is 0.123 e. The normalized spacial score (nSPS) is 12.7. The van der Waals surface area contributed by atoms with Crippen molar-refractivity contribution >= 4 is 0 Å². The summed E-state index contributed by atoms with van der Waals surface area (Å²) >= 11 is 0. The van der Waals surface area contributed by atoms with Gasteiger partial charge < -0.3 is 5.32 Å². The Labute approximate surface area is 119 Å². The maximum absolute atomic E-state index is 13.5. The average molecular weight is 275 g/mol. The molecule has 0 saturated heterocycles. The van der Waals surface area contributed by atoms with Crippen molar-refractivity contribution in [3.8, 4) is 0 Å². The number of aryl methyl sites for hydroxylation is 3. The molecule has 1 heterocycles. The standard InChI is InChI=1S/C16H22FN3/c1-5-13-9-14(20(4)19-13)10-16(18-3)15-8-12(17)7-6-11(15)2/h6-9,16,18H,5,10H2,1-4H3. The molecule has 0 aliphatic carbocycles. The van der Waals surface area contributed by atoms with E-state index in [1.807, 2.05) is 31.8 Å². The van der Waals surface area contributed by atoms with Crippen LogP contribution in [0.3, 0.4) is 0 Å². The second-order valence-corrected chi connectivity index (χ2v) is 5.15. The summed E-state index contributed by atoms with van der Waals surface area (Å²) in [5, 5.41) is 7.75. The molecule has 1 unspecified atom stereocenters. The van der Waals surface area contributed by atoms with Crippen molar-refractivity contribution in [1.82, 2.24) is 15.1 Å². The van der Waals surface area contributed by atoms with Crippen molar-refractivity contribution in [1.29, 1.82) is 0 Å². The summed E-state index contributed by atoms with van der Waals surface area (Å²) in [5.41, 5.74) is 4.36. The van der Waals surface area contributed by atoms with Gasteiger partial charge in [-0.25, -0.2) is 4.39 Å². The lowest BCUT2D eigenvalue weighted by Gasteiger charge is -2.19. The van der Waals surface area contributed by atoms with Crippen molar-refractivity contribution < 1.29 is 4.39 Å². The zero-order valence-electron chi connectivity index (χ0n) is 12.6. The Morgan fingerprint density at radius 2 is 2.10 bits per heavy atom. The van der Waals surface area contributed by atoms with Crippen LogP contribution >= 0.6 is 0 Å². The minimum absolute atomic E-state index is 0.0887. The van der Waals surface area contributed by atoms with E-state index in [0.29, 0.717) is 0 Å². The third-order valence-electron chi connectivity index (χ3n) is 3.77. The highest BCUT2D eigenvalue weighted by atomic mass is 19.1. The molecular formula is C16H22FN3. The Morgan fingerprint density at radius 3 is 2.70 bits per heavy atom. The predicted molar refractivity (Wildman–Crippen MR) is 79.2 cm³/mol. The van der Waals surface area contributed by atoms with E-state index in [-0.39, 0.29) is 11.9 Å². The van der Waals surface area contributed by atoms with Gasteiger partial charge in [-0.05, 0) is 49.7 Å². The lowest BCUT2D eigenvalue weighted by Crippen LogP contribution is -2.21. The number of rotatable bonds is 5. The Bertz CT molecular complexity index is 589. The van der Waals surface area contributed by atoms with E-state index in [2.05, 4.69) is 23.4 Å². The Balaban J connectivity index is 2.28. The third kappa shape index (κ3) is 3.07. The summed E-state index contributed by atoms with van der Waals surface area (Å²) in [6.45, 7) is 4.11. The van der Waals surface area contributed by atoms with Crippen LogP contribution in [-0.2, 0) is 19.9 Å². The fraction of sp³-hybridized carbons (Fsp3) is 0.438. The van der Waals surface area contributed by atoms with Gasteiger partial charge in [0.15, 0.2) is 0 Å². The second-order valence-electron chi connectivity index (χ2n) is 5.15. The predicted octanol–water partition coefficient (Wildman–Crippen LogP) is 2.93. The van der Waals surface area contributed by atoms with Gasteiger partial charge in [0.05, 0.1) is 5.69 Å². The van der Waals surface area contributed by atoms with Gasteiger partial charge in [0.25, 0.3) is 0 Å². The number of likely N-dealkylation sites (N-methyl/N-ethyl adjacent to an activating group) is 1. The van der Waals surface area contributed by atoms with Crippen LogP contribution in [0.1, 0.15) is 35.5 Å². The first kappa shape index (κ1) is 14.7. The van der Waals surface area contributed by atoms with Gasteiger partial charge in [-0.15, -0.1) is 0 Å². The number of nitrogens with zero attached hydrogens (tertiary/aromatic N) is 2. The summed E-state index contributed by atoms with van der Waals surface area (Å²) in [7, 11) is 3.87. The van der Waals surface area contributed by atoms with E-state index in [1.54, 1.807) is 6.07 Å². The SMILES string of the molecule is CCc1cc(CC(NC)c2cc(F)ccc2C)n(C)n1. The zero-order chi connectivity index (χ0) is 14.7. The van der Waals surface area contributed by atoms with Crippen LogP contribution in [0.15, 0.2) is 24.3 Å². The number of aromatic nitrogens is 2. The van der Waals surface area contributed by atoms with Crippen LogP contribution in [0.5, 0.6) is 0 Å². The monoisotopic (exact) mass is 275 g/mol. The number of halogens is 1. The van der Waals surface area contributed by atoms with Crippen LogP contribution in [-0.4, -0.2) is 16.8 Å². The van der Waals surface area contributed by atoms with E-state index >= 15 is 0 Å². The van der Waals surface area contributed by atoms with Crippen molar-refractivity contribution in [2.24, 2.45) is 7.05 Å². The summed E-state index contributed by atoms with van der Waals surface area (Å²) in [6.07, 6.45) is 1.72. The molecule has 0 fully saturated rings. The molecule has 0 bridgehead atoms. The molecular weight excluding hydrogens is 253 g/mol. The highest BCUT2D eigenvalue weighted by Gasteiger charge is 2.16. The molecule has 1 atom stereocenters. The van der Waals surface area contributed by atoms with E-state index in [4.69, 9.17) is 0 Å². The molecule has 4 heteroatoms. The van der Waals surface area contributed by atoms with E-state index in [0.717, 1.165) is 35.4 Å². The van der Waals surface area contributed by atoms with Crippen LogP contribution < -0.4 is 5.32 Å². The van der Waals surface area contributed by atoms with Crippen LogP contribution in [0, 0.1) is 12.7 Å². The fourth-order valence-corrected chi connectivity index (χ4v) is 2.50. The quantitative estimate of drug-likeness (QED) is 0.909. The summed E-state index contributed by atoms with van der Waals surface area (Å²) in [4.78, 5) is 0. The van der Waals surface area contributed by atoms with Gasteiger partial charge in [-0.1, -0.05) is 13.0 Å². The van der Waals surface area contributed by atoms with E-state index in [1.165, 1.54) is 6.07 Å². The summed E-state index contributed by atoms with van der Waals surface area (Å²) in [5.74, 6) is -0.190. The molecule has 2 rings (SSSR count). The minimum Gasteiger partial charge on any atom is -0.313 e. The molecule has 3 nitrogen and oxygen atoms in total. The largest absolute Gasteiger partial charge is 0.313 e. The molecule has 0 amide bonds. The molecule has 0 aliphatic rings. The Morgan fingerprint density at radius 1 is 1.35 bits per heavy atom. The Kier molecular flexibility index (Phi) is 4.55. The molecule has 0 saturated carbocycles. The maximum Gasteiger partial charge on any atom is 0.123 e. The van der Waals surface area contributed by atoms with Crippen LogP contribution in [0.4, 0.5) is 4.39 Å². The number of hydrogen-bond donors (Lipinski definition) is 1. The first-order valence-corrected chi connectivity index (χ1v) is 7.00. The molecule has 1 aromatic carbocycles. The average Bonchev–Trinajstić information content (AvgIpc) is 2.79.